The number of anilines is 1. The zero-order valence-corrected chi connectivity index (χ0v) is 19.5. The molecule has 3 N–H and O–H groups in total. The Morgan fingerprint density at radius 2 is 1.40 bits per heavy atom. The van der Waals surface area contributed by atoms with Crippen LogP contribution in [0.15, 0.2) is 108 Å². The van der Waals surface area contributed by atoms with Crippen molar-refractivity contribution in [3.8, 4) is 11.5 Å². The molecule has 0 saturated carbocycles. The van der Waals surface area contributed by atoms with E-state index in [1.165, 1.54) is 0 Å². The van der Waals surface area contributed by atoms with Crippen LogP contribution in [0, 0.1) is 0 Å². The average Bonchev–Trinajstić information content (AvgIpc) is 2.91. The molecule has 0 spiro atoms. The number of nitrogens with zero attached hydrogens (tertiary/aromatic N) is 1. The first kappa shape index (κ1) is 23.6. The van der Waals surface area contributed by atoms with Crippen molar-refractivity contribution in [2.45, 2.75) is 20.1 Å². The highest BCUT2D eigenvalue weighted by Crippen LogP contribution is 2.27. The number of nitrogen functional groups attached to an aromatic ring is 1. The second-order valence-electron chi connectivity index (χ2n) is 7.97. The summed E-state index contributed by atoms with van der Waals surface area (Å²) in [6.45, 7) is 2.55. The lowest BCUT2D eigenvalue weighted by molar-refractivity contribution is 0.0950. The maximum absolute atomic E-state index is 13.0. The Kier molecular flexibility index (Phi) is 7.76. The number of nitrogens with one attached hydrogen (secondary N) is 1. The van der Waals surface area contributed by atoms with Gasteiger partial charge in [-0.2, -0.15) is 5.10 Å². The van der Waals surface area contributed by atoms with E-state index in [-0.39, 0.29) is 5.91 Å². The minimum absolute atomic E-state index is 0.316. The Balaban J connectivity index is 1.51. The third-order valence-corrected chi connectivity index (χ3v) is 5.34. The van der Waals surface area contributed by atoms with Gasteiger partial charge in [-0.1, -0.05) is 72.8 Å². The van der Waals surface area contributed by atoms with Crippen molar-refractivity contribution >= 4 is 17.3 Å². The number of amides is 1. The lowest BCUT2D eigenvalue weighted by Gasteiger charge is -2.14. The smallest absolute Gasteiger partial charge is 0.275 e. The fourth-order valence-corrected chi connectivity index (χ4v) is 3.36. The minimum Gasteiger partial charge on any atom is -0.489 e. The predicted molar refractivity (Wildman–Crippen MR) is 139 cm³/mol. The molecule has 4 aromatic carbocycles. The highest BCUT2D eigenvalue weighted by atomic mass is 16.5. The molecular formula is C29H27N3O3. The first-order chi connectivity index (χ1) is 17.1. The van der Waals surface area contributed by atoms with Gasteiger partial charge in [0.25, 0.3) is 5.91 Å². The average molecular weight is 466 g/mol. The summed E-state index contributed by atoms with van der Waals surface area (Å²) in [6.07, 6.45) is 0. The monoisotopic (exact) mass is 465 g/mol. The molecule has 0 radical (unpaired) electrons. The van der Waals surface area contributed by atoms with E-state index in [1.807, 2.05) is 79.7 Å². The van der Waals surface area contributed by atoms with E-state index in [2.05, 4.69) is 10.5 Å². The van der Waals surface area contributed by atoms with Crippen molar-refractivity contribution in [2.75, 3.05) is 5.73 Å². The lowest BCUT2D eigenvalue weighted by Crippen LogP contribution is -2.20. The topological polar surface area (TPSA) is 85.9 Å². The van der Waals surface area contributed by atoms with E-state index < -0.39 is 0 Å². The Bertz CT molecular complexity index is 1290. The number of nitrogens with two attached hydrogens (primary N) is 1. The maximum Gasteiger partial charge on any atom is 0.275 e. The van der Waals surface area contributed by atoms with Gasteiger partial charge in [0.2, 0.25) is 0 Å². The van der Waals surface area contributed by atoms with Crippen molar-refractivity contribution < 1.29 is 14.3 Å². The fourth-order valence-electron chi connectivity index (χ4n) is 3.36. The van der Waals surface area contributed by atoms with Gasteiger partial charge in [-0.25, -0.2) is 5.43 Å². The summed E-state index contributed by atoms with van der Waals surface area (Å²) in [6, 6.07) is 32.1. The van der Waals surface area contributed by atoms with Gasteiger partial charge in [0, 0.05) is 11.8 Å². The van der Waals surface area contributed by atoms with E-state index in [1.54, 1.807) is 30.3 Å². The van der Waals surface area contributed by atoms with Crippen LogP contribution in [0.1, 0.15) is 34.0 Å². The van der Waals surface area contributed by atoms with Crippen LogP contribution in [0.2, 0.25) is 0 Å². The zero-order chi connectivity index (χ0) is 24.5. The molecule has 0 aliphatic carbocycles. The molecule has 4 rings (SSSR count). The molecule has 1 amide bonds. The molecule has 6 nitrogen and oxygen atoms in total. The third-order valence-electron chi connectivity index (χ3n) is 5.34. The van der Waals surface area contributed by atoms with Crippen LogP contribution in [0.4, 0.5) is 5.69 Å². The number of hydrazone groups is 1. The van der Waals surface area contributed by atoms with Crippen LogP contribution in [0.5, 0.6) is 11.5 Å². The van der Waals surface area contributed by atoms with Crippen molar-refractivity contribution in [3.63, 3.8) is 0 Å². The summed E-state index contributed by atoms with van der Waals surface area (Å²) in [7, 11) is 0. The number of carbonyl (C=O) groups excluding carboxylic acids is 1. The van der Waals surface area contributed by atoms with Crippen LogP contribution in [-0.2, 0) is 13.2 Å². The molecule has 0 heterocycles. The SMILES string of the molecule is C/C(=N\NC(=O)c1ccc(OCc2ccccc2)cc1OCc1ccccc1)c1ccc(N)cc1. The summed E-state index contributed by atoms with van der Waals surface area (Å²) in [5.41, 5.74) is 13.0. The Labute approximate surface area is 205 Å². The van der Waals surface area contributed by atoms with Crippen LogP contribution in [0.3, 0.4) is 0 Å². The number of hydrogen-bond acceptors (Lipinski definition) is 5. The van der Waals surface area contributed by atoms with E-state index in [0.29, 0.717) is 41.7 Å². The van der Waals surface area contributed by atoms with E-state index in [0.717, 1.165) is 16.7 Å². The molecule has 6 heteroatoms. The minimum atomic E-state index is -0.377. The Morgan fingerprint density at radius 1 is 0.800 bits per heavy atom. The molecule has 0 bridgehead atoms. The van der Waals surface area contributed by atoms with Gasteiger partial charge in [-0.05, 0) is 47.9 Å². The number of rotatable bonds is 9. The van der Waals surface area contributed by atoms with Crippen molar-refractivity contribution in [1.29, 1.82) is 0 Å². The van der Waals surface area contributed by atoms with Crippen molar-refractivity contribution in [2.24, 2.45) is 5.10 Å². The molecular weight excluding hydrogens is 438 g/mol. The van der Waals surface area contributed by atoms with Crippen LogP contribution in [0.25, 0.3) is 0 Å². The molecule has 4 aromatic rings. The highest BCUT2D eigenvalue weighted by Gasteiger charge is 2.15. The zero-order valence-electron chi connectivity index (χ0n) is 19.5. The van der Waals surface area contributed by atoms with E-state index >= 15 is 0 Å². The summed E-state index contributed by atoms with van der Waals surface area (Å²) >= 11 is 0. The molecule has 0 aliphatic rings. The van der Waals surface area contributed by atoms with Crippen LogP contribution >= 0.6 is 0 Å². The molecule has 176 valence electrons. The van der Waals surface area contributed by atoms with E-state index in [9.17, 15) is 4.79 Å². The number of carbonyl (C=O) groups is 1. The number of ether oxygens (including phenoxy) is 2. The van der Waals surface area contributed by atoms with Gasteiger partial charge in [0.15, 0.2) is 0 Å². The standard InChI is InChI=1S/C29H27N3O3/c1-21(24-12-14-25(30)15-13-24)31-32-29(33)27-17-16-26(34-19-22-8-4-2-5-9-22)18-28(27)35-20-23-10-6-3-7-11-23/h2-18H,19-20,30H2,1H3,(H,32,33)/b31-21+. The van der Waals surface area contributed by atoms with Gasteiger partial charge in [0.1, 0.15) is 24.7 Å². The van der Waals surface area contributed by atoms with Crippen LogP contribution in [-0.4, -0.2) is 11.6 Å². The summed E-state index contributed by atoms with van der Waals surface area (Å²) < 4.78 is 12.0. The molecule has 0 atom stereocenters. The second-order valence-corrected chi connectivity index (χ2v) is 7.97. The molecule has 0 aromatic heterocycles. The number of hydrogen-bond donors (Lipinski definition) is 2. The van der Waals surface area contributed by atoms with Gasteiger partial charge < -0.3 is 15.2 Å². The summed E-state index contributed by atoms with van der Waals surface area (Å²) in [5, 5.41) is 4.25. The van der Waals surface area contributed by atoms with Crippen molar-refractivity contribution in [1.82, 2.24) is 5.43 Å². The van der Waals surface area contributed by atoms with Crippen molar-refractivity contribution in [3.05, 3.63) is 125 Å². The Morgan fingerprint density at radius 3 is 2.03 bits per heavy atom. The molecule has 0 saturated heterocycles. The third kappa shape index (κ3) is 6.71. The largest absolute Gasteiger partial charge is 0.489 e. The first-order valence-corrected chi connectivity index (χ1v) is 11.3. The molecule has 0 aliphatic heterocycles. The van der Waals surface area contributed by atoms with Gasteiger partial charge in [-0.3, -0.25) is 4.79 Å². The summed E-state index contributed by atoms with van der Waals surface area (Å²) in [5.74, 6) is 0.643. The normalized spacial score (nSPS) is 11.1. The predicted octanol–water partition coefficient (Wildman–Crippen LogP) is 5.58. The van der Waals surface area contributed by atoms with Crippen LogP contribution < -0.4 is 20.6 Å². The van der Waals surface area contributed by atoms with Gasteiger partial charge in [-0.15, -0.1) is 0 Å². The first-order valence-electron chi connectivity index (χ1n) is 11.3. The second kappa shape index (κ2) is 11.5. The quantitative estimate of drug-likeness (QED) is 0.192. The van der Waals surface area contributed by atoms with E-state index in [4.69, 9.17) is 15.2 Å². The number of benzene rings is 4. The summed E-state index contributed by atoms with van der Waals surface area (Å²) in [4.78, 5) is 13.0. The van der Waals surface area contributed by atoms with Gasteiger partial charge in [0.05, 0.1) is 11.3 Å². The fraction of sp³-hybridized carbons (Fsp3) is 0.103. The molecule has 35 heavy (non-hydrogen) atoms. The molecule has 0 unspecified atom stereocenters. The molecule has 0 fully saturated rings. The highest BCUT2D eigenvalue weighted by molar-refractivity contribution is 6.01. The van der Waals surface area contributed by atoms with Gasteiger partial charge >= 0.3 is 0 Å². The Hall–Kier alpha value is -4.58. The lowest BCUT2D eigenvalue weighted by atomic mass is 10.1. The maximum atomic E-state index is 13.0.